The summed E-state index contributed by atoms with van der Waals surface area (Å²) in [5, 5.41) is 8.42. The molecule has 16 heavy (non-hydrogen) atoms. The van der Waals surface area contributed by atoms with Crippen LogP contribution in [-0.2, 0) is 14.8 Å². The molecule has 0 N–H and O–H groups in total. The van der Waals surface area contributed by atoms with E-state index in [1.54, 1.807) is 11.0 Å². The molecular weight excluding hydrogens is 230 g/mol. The lowest BCUT2D eigenvalue weighted by Gasteiger charge is -2.19. The van der Waals surface area contributed by atoms with Crippen molar-refractivity contribution in [1.82, 2.24) is 9.21 Å². The van der Waals surface area contributed by atoms with Crippen LogP contribution in [0, 0.1) is 11.3 Å². The molecule has 0 aromatic rings. The Bertz CT molecular complexity index is 399. The molecule has 1 aliphatic heterocycles. The number of amides is 1. The van der Waals surface area contributed by atoms with Crippen LogP contribution in [0.5, 0.6) is 0 Å². The number of hydrogen-bond donors (Lipinski definition) is 0. The Morgan fingerprint density at radius 2 is 2.00 bits per heavy atom. The fourth-order valence-corrected chi connectivity index (χ4v) is 2.77. The van der Waals surface area contributed by atoms with Gasteiger partial charge < -0.3 is 4.90 Å². The second-order valence-electron chi connectivity index (χ2n) is 3.67. The van der Waals surface area contributed by atoms with E-state index in [9.17, 15) is 13.2 Å². The van der Waals surface area contributed by atoms with Gasteiger partial charge in [0.25, 0.3) is 0 Å². The number of rotatable bonds is 2. The summed E-state index contributed by atoms with van der Waals surface area (Å²) in [6.07, 6.45) is 0.615. The monoisotopic (exact) mass is 245 g/mol. The first-order valence-electron chi connectivity index (χ1n) is 5.07. The molecule has 0 aliphatic carbocycles. The van der Waals surface area contributed by atoms with Crippen molar-refractivity contribution in [3.05, 3.63) is 0 Å². The van der Waals surface area contributed by atoms with Crippen molar-refractivity contribution < 1.29 is 13.2 Å². The van der Waals surface area contributed by atoms with Crippen LogP contribution in [0.15, 0.2) is 0 Å². The molecule has 0 aromatic carbocycles. The fourth-order valence-electron chi connectivity index (χ4n) is 1.66. The van der Waals surface area contributed by atoms with E-state index in [0.717, 1.165) is 0 Å². The molecule has 90 valence electrons. The Kier molecular flexibility index (Phi) is 4.26. The van der Waals surface area contributed by atoms with Gasteiger partial charge in [0.2, 0.25) is 15.9 Å². The van der Waals surface area contributed by atoms with Gasteiger partial charge in [-0.25, -0.2) is 8.42 Å². The number of nitriles is 1. The predicted octanol–water partition coefficient (Wildman–Crippen LogP) is -0.606. The summed E-state index contributed by atoms with van der Waals surface area (Å²) in [7, 11) is -3.47. The van der Waals surface area contributed by atoms with Crippen LogP contribution in [0.4, 0.5) is 0 Å². The molecule has 0 unspecified atom stereocenters. The normalized spacial score (nSPS) is 18.9. The van der Waals surface area contributed by atoms with Crippen LogP contribution >= 0.6 is 0 Å². The molecule has 0 radical (unpaired) electrons. The van der Waals surface area contributed by atoms with E-state index >= 15 is 0 Å². The SMILES string of the molecule is CC(=O)N1CCCN(S(=O)(=O)CC#N)CC1. The van der Waals surface area contributed by atoms with Crippen molar-refractivity contribution in [1.29, 1.82) is 5.26 Å². The first-order valence-corrected chi connectivity index (χ1v) is 6.68. The van der Waals surface area contributed by atoms with Gasteiger partial charge in [-0.05, 0) is 6.42 Å². The highest BCUT2D eigenvalue weighted by Crippen LogP contribution is 2.08. The average molecular weight is 245 g/mol. The Hall–Kier alpha value is -1.13. The maximum atomic E-state index is 11.6. The Morgan fingerprint density at radius 1 is 1.31 bits per heavy atom. The molecule has 0 bridgehead atoms. The highest BCUT2D eigenvalue weighted by atomic mass is 32.2. The van der Waals surface area contributed by atoms with E-state index < -0.39 is 15.8 Å². The van der Waals surface area contributed by atoms with Gasteiger partial charge in [-0.15, -0.1) is 0 Å². The van der Waals surface area contributed by atoms with Gasteiger partial charge in [0.05, 0.1) is 6.07 Å². The number of sulfonamides is 1. The molecule has 1 saturated heterocycles. The third-order valence-corrected chi connectivity index (χ3v) is 4.19. The van der Waals surface area contributed by atoms with Gasteiger partial charge in [-0.1, -0.05) is 0 Å². The summed E-state index contributed by atoms with van der Waals surface area (Å²) >= 11 is 0. The largest absolute Gasteiger partial charge is 0.342 e. The summed E-state index contributed by atoms with van der Waals surface area (Å²) in [5.74, 6) is -0.535. The molecule has 6 nitrogen and oxygen atoms in total. The first kappa shape index (κ1) is 12.9. The molecular formula is C9H15N3O3S. The van der Waals surface area contributed by atoms with E-state index in [0.29, 0.717) is 26.1 Å². The lowest BCUT2D eigenvalue weighted by Crippen LogP contribution is -2.37. The quantitative estimate of drug-likeness (QED) is 0.650. The third kappa shape index (κ3) is 3.18. The zero-order chi connectivity index (χ0) is 12.2. The van der Waals surface area contributed by atoms with E-state index in [1.807, 2.05) is 0 Å². The zero-order valence-corrected chi connectivity index (χ0v) is 10.0. The molecule has 1 heterocycles. The summed E-state index contributed by atoms with van der Waals surface area (Å²) in [5.41, 5.74) is 0. The smallest absolute Gasteiger partial charge is 0.227 e. The van der Waals surface area contributed by atoms with Crippen molar-refractivity contribution in [3.8, 4) is 6.07 Å². The number of carbonyl (C=O) groups excluding carboxylic acids is 1. The summed E-state index contributed by atoms with van der Waals surface area (Å²) in [6.45, 7) is 3.12. The second-order valence-corrected chi connectivity index (χ2v) is 5.64. The molecule has 0 atom stereocenters. The number of nitrogens with zero attached hydrogens (tertiary/aromatic N) is 3. The third-order valence-electron chi connectivity index (χ3n) is 2.54. The Labute approximate surface area is 95.5 Å². The molecule has 1 rings (SSSR count). The van der Waals surface area contributed by atoms with Crippen LogP contribution in [0.2, 0.25) is 0 Å². The van der Waals surface area contributed by atoms with Gasteiger partial charge in [0.1, 0.15) is 0 Å². The second kappa shape index (κ2) is 5.27. The van der Waals surface area contributed by atoms with Crippen LogP contribution in [-0.4, -0.2) is 55.5 Å². The van der Waals surface area contributed by atoms with Crippen molar-refractivity contribution in [2.24, 2.45) is 0 Å². The molecule has 1 amide bonds. The molecule has 1 aliphatic rings. The van der Waals surface area contributed by atoms with Crippen molar-refractivity contribution in [2.45, 2.75) is 13.3 Å². The minimum absolute atomic E-state index is 0.0421. The van der Waals surface area contributed by atoms with E-state index in [-0.39, 0.29) is 12.5 Å². The number of hydrogen-bond acceptors (Lipinski definition) is 4. The summed E-state index contributed by atoms with van der Waals surface area (Å²) < 4.78 is 24.5. The topological polar surface area (TPSA) is 81.5 Å². The minimum atomic E-state index is -3.47. The minimum Gasteiger partial charge on any atom is -0.342 e. The molecule has 1 fully saturated rings. The maximum Gasteiger partial charge on any atom is 0.227 e. The lowest BCUT2D eigenvalue weighted by molar-refractivity contribution is -0.128. The van der Waals surface area contributed by atoms with Crippen LogP contribution < -0.4 is 0 Å². The molecule has 0 spiro atoms. The van der Waals surface area contributed by atoms with E-state index in [4.69, 9.17) is 5.26 Å². The summed E-state index contributed by atoms with van der Waals surface area (Å²) in [6, 6.07) is 1.65. The Balaban J connectivity index is 2.67. The molecule has 0 saturated carbocycles. The molecule has 0 aromatic heterocycles. The Morgan fingerprint density at radius 3 is 2.56 bits per heavy atom. The van der Waals surface area contributed by atoms with Crippen LogP contribution in [0.25, 0.3) is 0 Å². The summed E-state index contributed by atoms with van der Waals surface area (Å²) in [4.78, 5) is 12.8. The maximum absolute atomic E-state index is 11.6. The van der Waals surface area contributed by atoms with Crippen molar-refractivity contribution in [3.63, 3.8) is 0 Å². The van der Waals surface area contributed by atoms with Gasteiger partial charge in [0, 0.05) is 33.1 Å². The van der Waals surface area contributed by atoms with E-state index in [1.165, 1.54) is 11.2 Å². The van der Waals surface area contributed by atoms with Crippen LogP contribution in [0.1, 0.15) is 13.3 Å². The van der Waals surface area contributed by atoms with Crippen molar-refractivity contribution in [2.75, 3.05) is 31.9 Å². The highest BCUT2D eigenvalue weighted by molar-refractivity contribution is 7.89. The van der Waals surface area contributed by atoms with Crippen molar-refractivity contribution >= 4 is 15.9 Å². The lowest BCUT2D eigenvalue weighted by atomic mass is 10.4. The first-order chi connectivity index (χ1) is 7.47. The molecule has 7 heteroatoms. The van der Waals surface area contributed by atoms with Gasteiger partial charge in [-0.3, -0.25) is 4.79 Å². The average Bonchev–Trinajstić information content (AvgIpc) is 2.42. The fraction of sp³-hybridized carbons (Fsp3) is 0.778. The van der Waals surface area contributed by atoms with Gasteiger partial charge in [-0.2, -0.15) is 9.57 Å². The van der Waals surface area contributed by atoms with E-state index in [2.05, 4.69) is 0 Å². The predicted molar refractivity (Wildman–Crippen MR) is 57.8 cm³/mol. The standard InChI is InChI=1S/C9H15N3O3S/c1-9(13)11-4-2-5-12(7-6-11)16(14,15)8-3-10/h2,4-8H2,1H3. The van der Waals surface area contributed by atoms with Gasteiger partial charge in [0.15, 0.2) is 5.75 Å². The zero-order valence-electron chi connectivity index (χ0n) is 9.22. The number of carbonyl (C=O) groups is 1. The van der Waals surface area contributed by atoms with Gasteiger partial charge >= 0.3 is 0 Å². The van der Waals surface area contributed by atoms with Crippen LogP contribution in [0.3, 0.4) is 0 Å². The highest BCUT2D eigenvalue weighted by Gasteiger charge is 2.25.